The van der Waals surface area contributed by atoms with E-state index in [0.29, 0.717) is 34.8 Å². The van der Waals surface area contributed by atoms with Gasteiger partial charge < -0.3 is 14.7 Å². The largest absolute Gasteiger partial charge is 0.457 e. The molecule has 0 radical (unpaired) electrons. The second-order valence-electron chi connectivity index (χ2n) is 8.01. The first-order chi connectivity index (χ1) is 17.0. The van der Waals surface area contributed by atoms with Crippen molar-refractivity contribution < 1.29 is 18.3 Å². The molecule has 0 amide bonds. The smallest absolute Gasteiger partial charge is 0.292 e. The van der Waals surface area contributed by atoms with Crippen LogP contribution in [-0.2, 0) is 14.8 Å². The van der Waals surface area contributed by atoms with Gasteiger partial charge in [-0.15, -0.1) is 0 Å². The van der Waals surface area contributed by atoms with E-state index in [-0.39, 0.29) is 23.4 Å². The number of hydrogen-bond donors (Lipinski definition) is 1. The quantitative estimate of drug-likeness (QED) is 0.442. The fourth-order valence-electron chi connectivity index (χ4n) is 3.88. The third-order valence-electron chi connectivity index (χ3n) is 5.57. The lowest BCUT2D eigenvalue weighted by molar-refractivity contribution is 0.132. The molecule has 1 aliphatic rings. The Bertz CT molecular complexity index is 1480. The first-order valence-corrected chi connectivity index (χ1v) is 12.4. The number of aliphatic hydroxyl groups excluding tert-OH is 1. The number of sulfonamides is 1. The highest BCUT2D eigenvalue weighted by molar-refractivity contribution is 7.93. The van der Waals surface area contributed by atoms with Gasteiger partial charge in [0.1, 0.15) is 12.4 Å². The molecule has 3 aromatic carbocycles. The van der Waals surface area contributed by atoms with Gasteiger partial charge in [-0.25, -0.2) is 22.7 Å². The van der Waals surface area contributed by atoms with Crippen molar-refractivity contribution in [2.45, 2.75) is 11.0 Å². The number of aliphatic hydroxyl groups is 1. The number of aliphatic imine (C=N–C) groups is 1. The Labute approximate surface area is 203 Å². The number of anilines is 2. The number of aromatic nitrogens is 2. The molecule has 2 heterocycles. The molecule has 178 valence electrons. The van der Waals surface area contributed by atoms with Crippen molar-refractivity contribution in [3.8, 4) is 0 Å². The Balaban J connectivity index is 1.68. The lowest BCUT2D eigenvalue weighted by Gasteiger charge is -2.24. The zero-order valence-electron chi connectivity index (χ0n) is 18.9. The molecule has 1 atom stereocenters. The minimum atomic E-state index is -4.01. The number of benzene rings is 3. The van der Waals surface area contributed by atoms with Crippen molar-refractivity contribution >= 4 is 44.1 Å². The summed E-state index contributed by atoms with van der Waals surface area (Å²) in [5, 5.41) is 9.91. The molecule has 1 N–H and O–H groups in total. The summed E-state index contributed by atoms with van der Waals surface area (Å²) < 4.78 is 34.6. The SMILES string of the molecule is CN1CC(CO)O/C1=N\c1ccc2ncnc(N(c3ccccc3)S(=O)(=O)c3ccccc3)c2c1. The Morgan fingerprint density at radius 3 is 2.46 bits per heavy atom. The molecule has 9 nitrogen and oxygen atoms in total. The van der Waals surface area contributed by atoms with Crippen molar-refractivity contribution in [2.75, 3.05) is 24.5 Å². The van der Waals surface area contributed by atoms with Crippen LogP contribution in [0.15, 0.2) is 95.1 Å². The Morgan fingerprint density at radius 1 is 1.06 bits per heavy atom. The van der Waals surface area contributed by atoms with E-state index in [1.54, 1.807) is 72.8 Å². The van der Waals surface area contributed by atoms with Gasteiger partial charge in [0.15, 0.2) is 5.82 Å². The molecule has 1 aliphatic heterocycles. The zero-order chi connectivity index (χ0) is 24.4. The van der Waals surface area contributed by atoms with Crippen LogP contribution in [0.3, 0.4) is 0 Å². The van der Waals surface area contributed by atoms with Crippen molar-refractivity contribution in [1.82, 2.24) is 14.9 Å². The van der Waals surface area contributed by atoms with Crippen molar-refractivity contribution in [2.24, 2.45) is 4.99 Å². The Kier molecular flexibility index (Phi) is 6.06. The van der Waals surface area contributed by atoms with E-state index in [4.69, 9.17) is 4.74 Å². The molecule has 1 saturated heterocycles. The average Bonchev–Trinajstić information content (AvgIpc) is 3.24. The van der Waals surface area contributed by atoms with Crippen LogP contribution in [0, 0.1) is 0 Å². The Hall–Kier alpha value is -4.02. The summed E-state index contributed by atoms with van der Waals surface area (Å²) in [6.45, 7) is 0.414. The van der Waals surface area contributed by atoms with Gasteiger partial charge >= 0.3 is 0 Å². The normalized spacial score (nSPS) is 17.0. The highest BCUT2D eigenvalue weighted by Gasteiger charge is 2.30. The molecule has 1 fully saturated rings. The van der Waals surface area contributed by atoms with Crippen LogP contribution < -0.4 is 4.31 Å². The molecule has 0 spiro atoms. The molecule has 0 aliphatic carbocycles. The summed E-state index contributed by atoms with van der Waals surface area (Å²) in [5.74, 6) is 0.209. The molecule has 5 rings (SSSR count). The van der Waals surface area contributed by atoms with Gasteiger partial charge in [0, 0.05) is 12.4 Å². The van der Waals surface area contributed by atoms with Crippen LogP contribution in [0.1, 0.15) is 0 Å². The molecular formula is C25H23N5O4S. The predicted molar refractivity (Wildman–Crippen MR) is 133 cm³/mol. The third kappa shape index (κ3) is 4.41. The van der Waals surface area contributed by atoms with Crippen LogP contribution in [0.2, 0.25) is 0 Å². The van der Waals surface area contributed by atoms with Crippen LogP contribution >= 0.6 is 0 Å². The first-order valence-electron chi connectivity index (χ1n) is 10.9. The molecule has 0 saturated carbocycles. The highest BCUT2D eigenvalue weighted by Crippen LogP contribution is 2.36. The minimum absolute atomic E-state index is 0.109. The van der Waals surface area contributed by atoms with E-state index in [2.05, 4.69) is 15.0 Å². The maximum absolute atomic E-state index is 13.8. The standard InChI is InChI=1S/C25H23N5O4S/c1-29-15-20(16-31)34-25(29)28-18-12-13-23-22(14-18)24(27-17-26-23)30(19-8-4-2-5-9-19)35(32,33)21-10-6-3-7-11-21/h2-14,17,20,31H,15-16H2,1H3/b28-25-. The number of nitrogens with zero attached hydrogens (tertiary/aromatic N) is 5. The molecule has 0 bridgehead atoms. The van der Waals surface area contributed by atoms with Gasteiger partial charge in [-0.2, -0.15) is 4.99 Å². The summed E-state index contributed by atoms with van der Waals surface area (Å²) in [6, 6.07) is 22.7. The topological polar surface area (TPSA) is 108 Å². The van der Waals surface area contributed by atoms with Gasteiger partial charge in [0.2, 0.25) is 0 Å². The van der Waals surface area contributed by atoms with E-state index in [9.17, 15) is 13.5 Å². The lowest BCUT2D eigenvalue weighted by Crippen LogP contribution is -2.27. The molecule has 35 heavy (non-hydrogen) atoms. The van der Waals surface area contributed by atoms with Gasteiger partial charge in [-0.3, -0.25) is 0 Å². The van der Waals surface area contributed by atoms with Gasteiger partial charge in [-0.05, 0) is 42.5 Å². The van der Waals surface area contributed by atoms with Crippen molar-refractivity contribution in [3.05, 3.63) is 85.2 Å². The first kappa shape index (κ1) is 22.8. The molecule has 10 heteroatoms. The number of amidine groups is 1. The summed E-state index contributed by atoms with van der Waals surface area (Å²) in [7, 11) is -2.18. The highest BCUT2D eigenvalue weighted by atomic mass is 32.2. The summed E-state index contributed by atoms with van der Waals surface area (Å²) in [4.78, 5) is 15.2. The maximum Gasteiger partial charge on any atom is 0.292 e. The zero-order valence-corrected chi connectivity index (χ0v) is 19.7. The van der Waals surface area contributed by atoms with Crippen LogP contribution in [-0.4, -0.2) is 60.7 Å². The summed E-state index contributed by atoms with van der Waals surface area (Å²) >= 11 is 0. The summed E-state index contributed by atoms with van der Waals surface area (Å²) in [5.41, 5.74) is 1.55. The monoisotopic (exact) mass is 489 g/mol. The molecular weight excluding hydrogens is 466 g/mol. The fourth-order valence-corrected chi connectivity index (χ4v) is 5.36. The molecule has 4 aromatic rings. The Morgan fingerprint density at radius 2 is 1.77 bits per heavy atom. The van der Waals surface area contributed by atoms with E-state index in [0.717, 1.165) is 0 Å². The van der Waals surface area contributed by atoms with Crippen molar-refractivity contribution in [3.63, 3.8) is 0 Å². The molecule has 1 aromatic heterocycles. The van der Waals surface area contributed by atoms with Gasteiger partial charge in [0.25, 0.3) is 16.0 Å². The number of para-hydroxylation sites is 1. The number of likely N-dealkylation sites (N-methyl/N-ethyl adjacent to an activating group) is 1. The second-order valence-corrected chi connectivity index (χ2v) is 9.80. The van der Waals surface area contributed by atoms with E-state index >= 15 is 0 Å². The van der Waals surface area contributed by atoms with Crippen molar-refractivity contribution in [1.29, 1.82) is 0 Å². The number of ether oxygens (including phenoxy) is 1. The number of fused-ring (bicyclic) bond motifs is 1. The number of rotatable bonds is 6. The van der Waals surface area contributed by atoms with Crippen LogP contribution in [0.4, 0.5) is 17.2 Å². The minimum Gasteiger partial charge on any atom is -0.457 e. The van der Waals surface area contributed by atoms with E-state index < -0.39 is 10.0 Å². The lowest BCUT2D eigenvalue weighted by atomic mass is 10.2. The fraction of sp³-hybridized carbons (Fsp3) is 0.160. The second kappa shape index (κ2) is 9.32. The maximum atomic E-state index is 13.8. The van der Waals surface area contributed by atoms with Crippen LogP contribution in [0.25, 0.3) is 10.9 Å². The third-order valence-corrected chi connectivity index (χ3v) is 7.30. The van der Waals surface area contributed by atoms with E-state index in [1.807, 2.05) is 18.0 Å². The van der Waals surface area contributed by atoms with Gasteiger partial charge in [0.05, 0.1) is 34.9 Å². The molecule has 1 unspecified atom stereocenters. The van der Waals surface area contributed by atoms with E-state index in [1.165, 1.54) is 10.6 Å². The number of hydrogen-bond acceptors (Lipinski definition) is 7. The van der Waals surface area contributed by atoms with Gasteiger partial charge in [-0.1, -0.05) is 36.4 Å². The van der Waals surface area contributed by atoms with Crippen LogP contribution in [0.5, 0.6) is 0 Å². The summed E-state index contributed by atoms with van der Waals surface area (Å²) in [6.07, 6.45) is 1.00. The predicted octanol–water partition coefficient (Wildman–Crippen LogP) is 3.47. The average molecular weight is 490 g/mol.